The summed E-state index contributed by atoms with van der Waals surface area (Å²) in [5.74, 6) is 0.119. The van der Waals surface area contributed by atoms with E-state index in [1.54, 1.807) is 43.4 Å². The Kier molecular flexibility index (Phi) is 8.79. The number of hydrogen-bond acceptors (Lipinski definition) is 6. The van der Waals surface area contributed by atoms with Crippen LogP contribution in [0, 0.1) is 0 Å². The van der Waals surface area contributed by atoms with E-state index in [2.05, 4.69) is 0 Å². The SMILES string of the molecule is CCO[C@@H](Cc1ccc(OCC(=O)c2cccc(CO)c2)cc1)C(=O)N(C)OC. The van der Waals surface area contributed by atoms with E-state index < -0.39 is 6.10 Å². The van der Waals surface area contributed by atoms with E-state index in [4.69, 9.17) is 14.3 Å². The molecular weight excluding hydrogens is 374 g/mol. The number of likely N-dealkylation sites (N-methyl/N-ethyl adjacent to an activating group) is 1. The molecule has 0 fully saturated rings. The van der Waals surface area contributed by atoms with Crippen LogP contribution in [0.15, 0.2) is 48.5 Å². The average Bonchev–Trinajstić information content (AvgIpc) is 2.77. The Balaban J connectivity index is 1.95. The van der Waals surface area contributed by atoms with Gasteiger partial charge in [0.2, 0.25) is 0 Å². The number of Topliss-reactive ketones (excluding diaryl/α,β-unsaturated/α-hetero) is 1. The minimum atomic E-state index is -0.642. The number of hydrogen-bond donors (Lipinski definition) is 1. The van der Waals surface area contributed by atoms with Crippen molar-refractivity contribution < 1.29 is 29.0 Å². The normalized spacial score (nSPS) is 11.7. The predicted molar refractivity (Wildman–Crippen MR) is 108 cm³/mol. The summed E-state index contributed by atoms with van der Waals surface area (Å²) in [6, 6.07) is 14.0. The first-order chi connectivity index (χ1) is 14.0. The number of amides is 1. The third-order valence-electron chi connectivity index (χ3n) is 4.37. The van der Waals surface area contributed by atoms with Crippen LogP contribution in [-0.4, -0.2) is 55.3 Å². The Hall–Kier alpha value is -2.74. The molecular formula is C22H27NO6. The molecule has 0 unspecified atom stereocenters. The first-order valence-electron chi connectivity index (χ1n) is 9.36. The highest BCUT2D eigenvalue weighted by Gasteiger charge is 2.23. The van der Waals surface area contributed by atoms with E-state index in [0.29, 0.717) is 29.9 Å². The quantitative estimate of drug-likeness (QED) is 0.460. The zero-order valence-corrected chi connectivity index (χ0v) is 17.0. The van der Waals surface area contributed by atoms with E-state index in [9.17, 15) is 14.7 Å². The second-order valence-corrected chi connectivity index (χ2v) is 6.38. The maximum Gasteiger partial charge on any atom is 0.275 e. The average molecular weight is 401 g/mol. The van der Waals surface area contributed by atoms with Gasteiger partial charge in [0, 0.05) is 25.6 Å². The molecule has 0 heterocycles. The summed E-state index contributed by atoms with van der Waals surface area (Å²) in [5.41, 5.74) is 2.07. The molecule has 0 aliphatic heterocycles. The van der Waals surface area contributed by atoms with E-state index in [1.165, 1.54) is 7.11 Å². The molecule has 2 rings (SSSR count). The molecule has 7 nitrogen and oxygen atoms in total. The van der Waals surface area contributed by atoms with Gasteiger partial charge in [0.05, 0.1) is 13.7 Å². The summed E-state index contributed by atoms with van der Waals surface area (Å²) in [5, 5.41) is 10.3. The summed E-state index contributed by atoms with van der Waals surface area (Å²) < 4.78 is 11.1. The second kappa shape index (κ2) is 11.3. The Morgan fingerprint density at radius 1 is 1.10 bits per heavy atom. The van der Waals surface area contributed by atoms with E-state index in [0.717, 1.165) is 10.6 Å². The Bertz CT molecular complexity index is 805. The summed E-state index contributed by atoms with van der Waals surface area (Å²) in [4.78, 5) is 29.5. The molecule has 0 bridgehead atoms. The van der Waals surface area contributed by atoms with Crippen molar-refractivity contribution in [1.82, 2.24) is 5.06 Å². The summed E-state index contributed by atoms with van der Waals surface area (Å²) in [7, 11) is 2.97. The molecule has 0 aliphatic rings. The first kappa shape index (κ1) is 22.5. The highest BCUT2D eigenvalue weighted by molar-refractivity contribution is 5.97. The largest absolute Gasteiger partial charge is 0.485 e. The van der Waals surface area contributed by atoms with Crippen molar-refractivity contribution in [2.24, 2.45) is 0 Å². The summed E-state index contributed by atoms with van der Waals surface area (Å²) in [6.07, 6.45) is -0.245. The second-order valence-electron chi connectivity index (χ2n) is 6.38. The number of hydroxylamine groups is 2. The topological polar surface area (TPSA) is 85.3 Å². The maximum atomic E-state index is 12.3. The van der Waals surface area contributed by atoms with E-state index >= 15 is 0 Å². The van der Waals surface area contributed by atoms with Crippen LogP contribution in [0.3, 0.4) is 0 Å². The van der Waals surface area contributed by atoms with Crippen molar-refractivity contribution in [3.8, 4) is 5.75 Å². The van der Waals surface area contributed by atoms with Gasteiger partial charge in [0.1, 0.15) is 11.9 Å². The van der Waals surface area contributed by atoms with Gasteiger partial charge in [-0.15, -0.1) is 0 Å². The van der Waals surface area contributed by atoms with Crippen LogP contribution >= 0.6 is 0 Å². The fraction of sp³-hybridized carbons (Fsp3) is 0.364. The van der Waals surface area contributed by atoms with Gasteiger partial charge in [-0.25, -0.2) is 5.06 Å². The molecule has 1 amide bonds. The first-order valence-corrected chi connectivity index (χ1v) is 9.36. The molecule has 0 radical (unpaired) electrons. The van der Waals surface area contributed by atoms with E-state index in [1.807, 2.05) is 19.1 Å². The number of ketones is 1. The minimum absolute atomic E-state index is 0.104. The lowest BCUT2D eigenvalue weighted by atomic mass is 10.1. The van der Waals surface area contributed by atoms with Gasteiger partial charge in [0.25, 0.3) is 5.91 Å². The lowest BCUT2D eigenvalue weighted by Gasteiger charge is -2.21. The molecule has 29 heavy (non-hydrogen) atoms. The molecule has 1 atom stereocenters. The number of carbonyl (C=O) groups excluding carboxylic acids is 2. The number of nitrogens with zero attached hydrogens (tertiary/aromatic N) is 1. The molecule has 1 N–H and O–H groups in total. The Morgan fingerprint density at radius 2 is 1.83 bits per heavy atom. The number of benzene rings is 2. The van der Waals surface area contributed by atoms with Gasteiger partial charge in [0.15, 0.2) is 12.4 Å². The van der Waals surface area contributed by atoms with Crippen LogP contribution < -0.4 is 4.74 Å². The minimum Gasteiger partial charge on any atom is -0.485 e. The van der Waals surface area contributed by atoms with Crippen molar-refractivity contribution in [1.29, 1.82) is 0 Å². The maximum absolute atomic E-state index is 12.3. The molecule has 0 spiro atoms. The predicted octanol–water partition coefficient (Wildman–Crippen LogP) is 2.41. The zero-order chi connectivity index (χ0) is 21.2. The molecule has 156 valence electrons. The zero-order valence-electron chi connectivity index (χ0n) is 17.0. The number of aliphatic hydroxyl groups is 1. The van der Waals surface area contributed by atoms with Crippen LogP contribution in [0.1, 0.15) is 28.4 Å². The standard InChI is InChI=1S/C22H27NO6/c1-4-28-21(22(26)23(2)27-3)13-16-8-10-19(11-9-16)29-15-20(25)18-7-5-6-17(12-18)14-24/h5-12,21,24H,4,13-15H2,1-3H3/t21-/m0/s1. The number of rotatable bonds is 11. The molecule has 0 aliphatic carbocycles. The van der Waals surface area contributed by atoms with E-state index in [-0.39, 0.29) is 24.9 Å². The lowest BCUT2D eigenvalue weighted by molar-refractivity contribution is -0.180. The van der Waals surface area contributed by atoms with Gasteiger partial charge in [-0.3, -0.25) is 14.4 Å². The van der Waals surface area contributed by atoms with Crippen LogP contribution in [-0.2, 0) is 27.4 Å². The van der Waals surface area contributed by atoms with Crippen molar-refractivity contribution >= 4 is 11.7 Å². The fourth-order valence-corrected chi connectivity index (χ4v) is 2.72. The van der Waals surface area contributed by atoms with Crippen molar-refractivity contribution in [3.63, 3.8) is 0 Å². The molecule has 0 saturated heterocycles. The number of aliphatic hydroxyl groups excluding tert-OH is 1. The molecule has 0 saturated carbocycles. The molecule has 7 heteroatoms. The fourth-order valence-electron chi connectivity index (χ4n) is 2.72. The third-order valence-corrected chi connectivity index (χ3v) is 4.37. The highest BCUT2D eigenvalue weighted by Crippen LogP contribution is 2.16. The Labute approximate surface area is 170 Å². The van der Waals surface area contributed by atoms with Crippen LogP contribution in [0.2, 0.25) is 0 Å². The third kappa shape index (κ3) is 6.67. The summed E-state index contributed by atoms with van der Waals surface area (Å²) in [6.45, 7) is 2.02. The van der Waals surface area contributed by atoms with Crippen molar-refractivity contribution in [2.75, 3.05) is 27.4 Å². The smallest absolute Gasteiger partial charge is 0.275 e. The highest BCUT2D eigenvalue weighted by atomic mass is 16.7. The lowest BCUT2D eigenvalue weighted by Crippen LogP contribution is -2.38. The number of carbonyl (C=O) groups is 2. The van der Waals surface area contributed by atoms with Gasteiger partial charge >= 0.3 is 0 Å². The van der Waals surface area contributed by atoms with Gasteiger partial charge < -0.3 is 14.6 Å². The number of ether oxygens (including phenoxy) is 2. The monoisotopic (exact) mass is 401 g/mol. The molecule has 2 aromatic carbocycles. The van der Waals surface area contributed by atoms with Crippen molar-refractivity contribution in [2.45, 2.75) is 26.1 Å². The van der Waals surface area contributed by atoms with Gasteiger partial charge in [-0.05, 0) is 36.2 Å². The van der Waals surface area contributed by atoms with Crippen molar-refractivity contribution in [3.05, 3.63) is 65.2 Å². The van der Waals surface area contributed by atoms with Crippen LogP contribution in [0.25, 0.3) is 0 Å². The van der Waals surface area contributed by atoms with Gasteiger partial charge in [-0.2, -0.15) is 0 Å². The summed E-state index contributed by atoms with van der Waals surface area (Å²) >= 11 is 0. The Morgan fingerprint density at radius 3 is 2.45 bits per heavy atom. The van der Waals surface area contributed by atoms with Crippen LogP contribution in [0.5, 0.6) is 5.75 Å². The molecule has 2 aromatic rings. The molecule has 0 aromatic heterocycles. The van der Waals surface area contributed by atoms with Crippen LogP contribution in [0.4, 0.5) is 0 Å². The van der Waals surface area contributed by atoms with Gasteiger partial charge in [-0.1, -0.05) is 30.3 Å².